The number of aromatic hydroxyl groups is 1. The van der Waals surface area contributed by atoms with E-state index in [-0.39, 0.29) is 11.7 Å². The van der Waals surface area contributed by atoms with Crippen LogP contribution >= 0.6 is 0 Å². The first-order chi connectivity index (χ1) is 8.65. The van der Waals surface area contributed by atoms with Crippen molar-refractivity contribution in [1.29, 1.82) is 0 Å². The van der Waals surface area contributed by atoms with Gasteiger partial charge in [-0.3, -0.25) is 4.79 Å². The van der Waals surface area contributed by atoms with E-state index in [0.717, 1.165) is 31.4 Å². The van der Waals surface area contributed by atoms with Crippen molar-refractivity contribution >= 4 is 17.3 Å². The maximum atomic E-state index is 12.4. The summed E-state index contributed by atoms with van der Waals surface area (Å²) in [5.41, 5.74) is 1.04. The Kier molecular flexibility index (Phi) is 2.47. The zero-order chi connectivity index (χ0) is 12.8. The van der Waals surface area contributed by atoms with Gasteiger partial charge < -0.3 is 15.3 Å². The molecule has 96 valence electrons. The van der Waals surface area contributed by atoms with Gasteiger partial charge in [-0.2, -0.15) is 0 Å². The van der Waals surface area contributed by atoms with E-state index in [9.17, 15) is 9.90 Å². The fourth-order valence-corrected chi connectivity index (χ4v) is 3.25. The lowest BCUT2D eigenvalue weighted by atomic mass is 9.78. The predicted molar refractivity (Wildman–Crippen MR) is 71.0 cm³/mol. The van der Waals surface area contributed by atoms with Crippen molar-refractivity contribution in [3.8, 4) is 5.75 Å². The first kappa shape index (κ1) is 11.4. The molecule has 0 unspecified atom stereocenters. The molecule has 1 heterocycles. The number of phenolic OH excluding ortho intramolecular Hbond substituents is 1. The van der Waals surface area contributed by atoms with E-state index in [1.54, 1.807) is 6.07 Å². The van der Waals surface area contributed by atoms with Crippen LogP contribution in [0.4, 0.5) is 11.4 Å². The first-order valence-electron chi connectivity index (χ1n) is 6.52. The Balaban J connectivity index is 2.09. The lowest BCUT2D eigenvalue weighted by molar-refractivity contribution is -0.122. The number of anilines is 2. The molecule has 1 aromatic carbocycles. The Hall–Kier alpha value is -1.71. The highest BCUT2D eigenvalue weighted by atomic mass is 16.3. The number of amides is 1. The first-order valence-corrected chi connectivity index (χ1v) is 6.52. The van der Waals surface area contributed by atoms with Gasteiger partial charge in [-0.05, 0) is 25.0 Å². The number of hydrogen-bond donors (Lipinski definition) is 2. The van der Waals surface area contributed by atoms with E-state index in [2.05, 4.69) is 10.2 Å². The third-order valence-electron chi connectivity index (χ3n) is 4.37. The van der Waals surface area contributed by atoms with Crippen molar-refractivity contribution < 1.29 is 9.90 Å². The van der Waals surface area contributed by atoms with Crippen molar-refractivity contribution in [2.45, 2.75) is 37.6 Å². The number of hydrogen-bond acceptors (Lipinski definition) is 3. The van der Waals surface area contributed by atoms with Crippen LogP contribution in [-0.4, -0.2) is 23.6 Å². The summed E-state index contributed by atoms with van der Waals surface area (Å²) in [7, 11) is 1.96. The Morgan fingerprint density at radius 2 is 2.00 bits per heavy atom. The fraction of sp³-hybridized carbons (Fsp3) is 0.500. The van der Waals surface area contributed by atoms with Gasteiger partial charge in [0.15, 0.2) is 0 Å². The number of likely N-dealkylation sites (N-methyl/N-ethyl adjacent to an activating group) is 1. The molecule has 4 heteroatoms. The summed E-state index contributed by atoms with van der Waals surface area (Å²) in [6.07, 6.45) is 5.17. The van der Waals surface area contributed by atoms with E-state index in [1.165, 1.54) is 6.42 Å². The zero-order valence-electron chi connectivity index (χ0n) is 10.6. The topological polar surface area (TPSA) is 52.6 Å². The van der Waals surface area contributed by atoms with Gasteiger partial charge in [0.05, 0.1) is 5.69 Å². The molecule has 4 nitrogen and oxygen atoms in total. The van der Waals surface area contributed by atoms with E-state index in [4.69, 9.17) is 0 Å². The quantitative estimate of drug-likeness (QED) is 0.691. The fourth-order valence-electron chi connectivity index (χ4n) is 3.25. The highest BCUT2D eigenvalue weighted by molar-refractivity contribution is 6.08. The van der Waals surface area contributed by atoms with Crippen LogP contribution in [0, 0.1) is 0 Å². The molecule has 1 spiro atoms. The van der Waals surface area contributed by atoms with E-state index in [1.807, 2.05) is 19.2 Å². The van der Waals surface area contributed by atoms with Gasteiger partial charge in [0.2, 0.25) is 5.91 Å². The molecule has 1 fully saturated rings. The molecule has 18 heavy (non-hydrogen) atoms. The average molecular weight is 246 g/mol. The van der Waals surface area contributed by atoms with Gasteiger partial charge >= 0.3 is 0 Å². The summed E-state index contributed by atoms with van der Waals surface area (Å²) < 4.78 is 0. The molecule has 1 aliphatic carbocycles. The molecule has 1 aromatic rings. The molecule has 1 saturated carbocycles. The van der Waals surface area contributed by atoms with E-state index in [0.29, 0.717) is 5.69 Å². The molecule has 2 N–H and O–H groups in total. The van der Waals surface area contributed by atoms with Crippen LogP contribution in [0.15, 0.2) is 18.2 Å². The Morgan fingerprint density at radius 3 is 2.72 bits per heavy atom. The summed E-state index contributed by atoms with van der Waals surface area (Å²) in [5.74, 6) is 0.164. The molecule has 1 amide bonds. The Labute approximate surface area is 107 Å². The smallest absolute Gasteiger partial charge is 0.250 e. The van der Waals surface area contributed by atoms with Crippen LogP contribution in [0.5, 0.6) is 5.75 Å². The van der Waals surface area contributed by atoms with Crippen molar-refractivity contribution in [2.75, 3.05) is 17.3 Å². The minimum Gasteiger partial charge on any atom is -0.506 e. The molecule has 0 radical (unpaired) electrons. The van der Waals surface area contributed by atoms with Gasteiger partial charge in [-0.1, -0.05) is 25.3 Å². The number of phenols is 1. The van der Waals surface area contributed by atoms with Crippen molar-refractivity contribution in [3.05, 3.63) is 18.2 Å². The second-order valence-corrected chi connectivity index (χ2v) is 5.28. The maximum Gasteiger partial charge on any atom is 0.250 e. The molecule has 1 aliphatic heterocycles. The number of benzene rings is 1. The number of para-hydroxylation sites is 1. The summed E-state index contributed by atoms with van der Waals surface area (Å²) in [5, 5.41) is 12.7. The maximum absolute atomic E-state index is 12.4. The highest BCUT2D eigenvalue weighted by Gasteiger charge is 2.47. The average Bonchev–Trinajstić information content (AvgIpc) is 2.39. The van der Waals surface area contributed by atoms with Crippen LogP contribution in [0.3, 0.4) is 0 Å². The van der Waals surface area contributed by atoms with Crippen molar-refractivity contribution in [1.82, 2.24) is 0 Å². The number of carbonyl (C=O) groups excluding carboxylic acids is 1. The zero-order valence-corrected chi connectivity index (χ0v) is 10.6. The normalized spacial score (nSPS) is 21.6. The predicted octanol–water partition coefficient (Wildman–Crippen LogP) is 2.48. The van der Waals surface area contributed by atoms with Crippen LogP contribution in [0.2, 0.25) is 0 Å². The molecule has 2 aliphatic rings. The standard InChI is InChI=1S/C14H18N2O2/c1-16-10-6-5-7-11(17)12(10)15-13(18)14(16)8-3-2-4-9-14/h5-7,17H,2-4,8-9H2,1H3,(H,15,18). The van der Waals surface area contributed by atoms with Gasteiger partial charge in [0, 0.05) is 7.05 Å². The van der Waals surface area contributed by atoms with Crippen LogP contribution in [-0.2, 0) is 4.79 Å². The summed E-state index contributed by atoms with van der Waals surface area (Å²) >= 11 is 0. The third-order valence-corrected chi connectivity index (χ3v) is 4.37. The van der Waals surface area contributed by atoms with Gasteiger partial charge in [0.1, 0.15) is 17.0 Å². The Bertz CT molecular complexity index is 493. The van der Waals surface area contributed by atoms with Crippen molar-refractivity contribution in [3.63, 3.8) is 0 Å². The number of nitrogens with one attached hydrogen (secondary N) is 1. The molecule has 0 aromatic heterocycles. The minimum atomic E-state index is -0.418. The second-order valence-electron chi connectivity index (χ2n) is 5.28. The Morgan fingerprint density at radius 1 is 1.28 bits per heavy atom. The number of nitrogens with zero attached hydrogens (tertiary/aromatic N) is 1. The minimum absolute atomic E-state index is 0.0266. The number of rotatable bonds is 0. The summed E-state index contributed by atoms with van der Waals surface area (Å²) in [6, 6.07) is 5.37. The van der Waals surface area contributed by atoms with Crippen LogP contribution < -0.4 is 10.2 Å². The largest absolute Gasteiger partial charge is 0.506 e. The van der Waals surface area contributed by atoms with Crippen LogP contribution in [0.25, 0.3) is 0 Å². The van der Waals surface area contributed by atoms with Crippen LogP contribution in [0.1, 0.15) is 32.1 Å². The van der Waals surface area contributed by atoms with Gasteiger partial charge in [-0.15, -0.1) is 0 Å². The highest BCUT2D eigenvalue weighted by Crippen LogP contribution is 2.45. The van der Waals surface area contributed by atoms with Gasteiger partial charge in [-0.25, -0.2) is 0 Å². The third kappa shape index (κ3) is 1.41. The molecule has 0 bridgehead atoms. The van der Waals surface area contributed by atoms with Crippen molar-refractivity contribution in [2.24, 2.45) is 0 Å². The molecule has 3 rings (SSSR count). The molecular weight excluding hydrogens is 228 g/mol. The summed E-state index contributed by atoms with van der Waals surface area (Å²) in [4.78, 5) is 14.5. The monoisotopic (exact) mass is 246 g/mol. The number of fused-ring (bicyclic) bond motifs is 1. The number of carbonyl (C=O) groups is 1. The lowest BCUT2D eigenvalue weighted by Crippen LogP contribution is -2.59. The lowest BCUT2D eigenvalue weighted by Gasteiger charge is -2.48. The molecular formula is C14H18N2O2. The molecule has 0 saturated heterocycles. The van der Waals surface area contributed by atoms with Gasteiger partial charge in [0.25, 0.3) is 0 Å². The van der Waals surface area contributed by atoms with E-state index < -0.39 is 5.54 Å². The second kappa shape index (κ2) is 3.90. The SMILES string of the molecule is CN1c2cccc(O)c2NC(=O)C12CCCCC2. The summed E-state index contributed by atoms with van der Waals surface area (Å²) in [6.45, 7) is 0. The molecule has 0 atom stereocenters. The van der Waals surface area contributed by atoms with E-state index >= 15 is 0 Å².